The largest absolute Gasteiger partial charge is 0.496 e. The Labute approximate surface area is 114 Å². The van der Waals surface area contributed by atoms with E-state index < -0.39 is 0 Å². The molecule has 1 unspecified atom stereocenters. The van der Waals surface area contributed by atoms with Gasteiger partial charge in [0.2, 0.25) is 0 Å². The minimum atomic E-state index is -0.101. The Bertz CT molecular complexity index is 465. The topological polar surface area (TPSA) is 47.6 Å². The molecular weight excluding hydrogens is 242 g/mol. The molecule has 0 radical (unpaired) electrons. The van der Waals surface area contributed by atoms with Crippen molar-refractivity contribution in [2.45, 2.75) is 32.8 Å². The summed E-state index contributed by atoms with van der Waals surface area (Å²) in [6, 6.07) is 3.77. The molecule has 1 N–H and O–H groups in total. The molecule has 1 saturated heterocycles. The molecule has 0 bridgehead atoms. The first-order chi connectivity index (χ1) is 9.11. The van der Waals surface area contributed by atoms with E-state index in [-0.39, 0.29) is 12.0 Å². The Morgan fingerprint density at radius 2 is 2.16 bits per heavy atom. The predicted molar refractivity (Wildman–Crippen MR) is 73.8 cm³/mol. The summed E-state index contributed by atoms with van der Waals surface area (Å²) >= 11 is 0. The van der Waals surface area contributed by atoms with Gasteiger partial charge in [-0.05, 0) is 49.9 Å². The molecule has 1 atom stereocenters. The number of methoxy groups -OCH3 is 1. The van der Waals surface area contributed by atoms with Crippen molar-refractivity contribution in [2.24, 2.45) is 0 Å². The molecule has 1 amide bonds. The van der Waals surface area contributed by atoms with Crippen molar-refractivity contribution >= 4 is 5.91 Å². The van der Waals surface area contributed by atoms with Gasteiger partial charge in [-0.15, -0.1) is 0 Å². The van der Waals surface area contributed by atoms with Crippen LogP contribution >= 0.6 is 0 Å². The summed E-state index contributed by atoms with van der Waals surface area (Å²) in [4.78, 5) is 12.2. The molecule has 1 aliphatic rings. The van der Waals surface area contributed by atoms with E-state index in [0.717, 1.165) is 30.6 Å². The lowest BCUT2D eigenvalue weighted by molar-refractivity contribution is 0.0855. The number of hydrogen-bond acceptors (Lipinski definition) is 3. The number of rotatable bonds is 4. The van der Waals surface area contributed by atoms with Crippen LogP contribution in [0.5, 0.6) is 5.75 Å². The molecule has 0 spiro atoms. The van der Waals surface area contributed by atoms with Crippen LogP contribution in [-0.4, -0.2) is 32.3 Å². The van der Waals surface area contributed by atoms with Crippen molar-refractivity contribution in [1.29, 1.82) is 0 Å². The highest BCUT2D eigenvalue weighted by molar-refractivity contribution is 5.97. The standard InChI is InChI=1S/C15H21NO3/c1-10-7-13(14(18-3)8-11(10)2)15(17)16-9-12-5-4-6-19-12/h7-8,12H,4-6,9H2,1-3H3,(H,16,17). The summed E-state index contributed by atoms with van der Waals surface area (Å²) in [7, 11) is 1.58. The summed E-state index contributed by atoms with van der Waals surface area (Å²) in [6.07, 6.45) is 2.25. The number of carbonyl (C=O) groups is 1. The third kappa shape index (κ3) is 3.26. The van der Waals surface area contributed by atoms with Gasteiger partial charge in [0.25, 0.3) is 5.91 Å². The minimum absolute atomic E-state index is 0.101. The maximum Gasteiger partial charge on any atom is 0.255 e. The summed E-state index contributed by atoms with van der Waals surface area (Å²) in [5.41, 5.74) is 2.79. The Morgan fingerprint density at radius 3 is 2.79 bits per heavy atom. The first-order valence-corrected chi connectivity index (χ1v) is 6.67. The van der Waals surface area contributed by atoms with Gasteiger partial charge in [0.15, 0.2) is 0 Å². The van der Waals surface area contributed by atoms with Crippen LogP contribution in [-0.2, 0) is 4.74 Å². The SMILES string of the molecule is COc1cc(C)c(C)cc1C(=O)NCC1CCCO1. The fourth-order valence-electron chi connectivity index (χ4n) is 2.24. The van der Waals surface area contributed by atoms with Gasteiger partial charge in [0, 0.05) is 13.2 Å². The molecule has 0 aromatic heterocycles. The van der Waals surface area contributed by atoms with Gasteiger partial charge in [0.1, 0.15) is 5.75 Å². The van der Waals surface area contributed by atoms with Gasteiger partial charge in [-0.2, -0.15) is 0 Å². The van der Waals surface area contributed by atoms with Crippen molar-refractivity contribution < 1.29 is 14.3 Å². The van der Waals surface area contributed by atoms with Gasteiger partial charge < -0.3 is 14.8 Å². The second-order valence-corrected chi connectivity index (χ2v) is 4.98. The van der Waals surface area contributed by atoms with Gasteiger partial charge in [-0.25, -0.2) is 0 Å². The zero-order chi connectivity index (χ0) is 13.8. The second kappa shape index (κ2) is 6.06. The van der Waals surface area contributed by atoms with Crippen LogP contribution in [0.4, 0.5) is 0 Å². The molecule has 0 saturated carbocycles. The van der Waals surface area contributed by atoms with Crippen LogP contribution in [0.15, 0.2) is 12.1 Å². The number of nitrogens with one attached hydrogen (secondary N) is 1. The molecule has 1 aromatic carbocycles. The summed E-state index contributed by atoms with van der Waals surface area (Å²) in [5, 5.41) is 2.92. The van der Waals surface area contributed by atoms with Crippen LogP contribution in [0.25, 0.3) is 0 Å². The van der Waals surface area contributed by atoms with E-state index in [0.29, 0.717) is 17.9 Å². The molecule has 1 aromatic rings. The molecule has 1 aliphatic heterocycles. The lowest BCUT2D eigenvalue weighted by Crippen LogP contribution is -2.32. The average molecular weight is 263 g/mol. The van der Waals surface area contributed by atoms with Crippen LogP contribution in [0.3, 0.4) is 0 Å². The minimum Gasteiger partial charge on any atom is -0.496 e. The Balaban J connectivity index is 2.07. The fraction of sp³-hybridized carbons (Fsp3) is 0.533. The van der Waals surface area contributed by atoms with Gasteiger partial charge >= 0.3 is 0 Å². The zero-order valence-corrected chi connectivity index (χ0v) is 11.8. The van der Waals surface area contributed by atoms with Crippen molar-refractivity contribution in [2.75, 3.05) is 20.3 Å². The van der Waals surface area contributed by atoms with Crippen LogP contribution in [0.2, 0.25) is 0 Å². The van der Waals surface area contributed by atoms with E-state index in [2.05, 4.69) is 5.32 Å². The first-order valence-electron chi connectivity index (χ1n) is 6.67. The zero-order valence-electron chi connectivity index (χ0n) is 11.8. The highest BCUT2D eigenvalue weighted by atomic mass is 16.5. The van der Waals surface area contributed by atoms with Gasteiger partial charge in [-0.1, -0.05) is 0 Å². The van der Waals surface area contributed by atoms with Crippen molar-refractivity contribution in [1.82, 2.24) is 5.32 Å². The summed E-state index contributed by atoms with van der Waals surface area (Å²) in [5.74, 6) is 0.517. The van der Waals surface area contributed by atoms with Crippen LogP contribution < -0.4 is 10.1 Å². The number of carbonyl (C=O) groups excluding carboxylic acids is 1. The van der Waals surface area contributed by atoms with E-state index in [1.165, 1.54) is 0 Å². The summed E-state index contributed by atoms with van der Waals surface area (Å²) < 4.78 is 10.8. The number of hydrogen-bond donors (Lipinski definition) is 1. The molecule has 4 nitrogen and oxygen atoms in total. The Hall–Kier alpha value is -1.55. The van der Waals surface area contributed by atoms with Crippen molar-refractivity contribution in [3.05, 3.63) is 28.8 Å². The maximum absolute atomic E-state index is 12.2. The summed E-state index contributed by atoms with van der Waals surface area (Å²) in [6.45, 7) is 5.36. The monoisotopic (exact) mass is 263 g/mol. The van der Waals surface area contributed by atoms with E-state index in [1.807, 2.05) is 26.0 Å². The smallest absolute Gasteiger partial charge is 0.255 e. The van der Waals surface area contributed by atoms with Gasteiger partial charge in [0.05, 0.1) is 18.8 Å². The van der Waals surface area contributed by atoms with Crippen LogP contribution in [0.1, 0.15) is 34.3 Å². The van der Waals surface area contributed by atoms with E-state index in [4.69, 9.17) is 9.47 Å². The van der Waals surface area contributed by atoms with E-state index in [9.17, 15) is 4.79 Å². The lowest BCUT2D eigenvalue weighted by Gasteiger charge is -2.14. The molecule has 1 fully saturated rings. The predicted octanol–water partition coefficient (Wildman–Crippen LogP) is 2.22. The van der Waals surface area contributed by atoms with Crippen molar-refractivity contribution in [3.8, 4) is 5.75 Å². The molecule has 19 heavy (non-hydrogen) atoms. The molecule has 104 valence electrons. The Kier molecular flexibility index (Phi) is 4.43. The molecule has 1 heterocycles. The highest BCUT2D eigenvalue weighted by Crippen LogP contribution is 2.23. The molecular formula is C15H21NO3. The normalized spacial score (nSPS) is 18.4. The first kappa shape index (κ1) is 13.9. The average Bonchev–Trinajstić information content (AvgIpc) is 2.91. The lowest BCUT2D eigenvalue weighted by atomic mass is 10.0. The Morgan fingerprint density at radius 1 is 1.42 bits per heavy atom. The van der Waals surface area contributed by atoms with Crippen molar-refractivity contribution in [3.63, 3.8) is 0 Å². The number of ether oxygens (including phenoxy) is 2. The maximum atomic E-state index is 12.2. The van der Waals surface area contributed by atoms with Gasteiger partial charge in [-0.3, -0.25) is 4.79 Å². The van der Waals surface area contributed by atoms with Crippen LogP contribution in [0, 0.1) is 13.8 Å². The fourth-order valence-corrected chi connectivity index (χ4v) is 2.24. The number of aryl methyl sites for hydroxylation is 2. The third-order valence-corrected chi connectivity index (χ3v) is 3.57. The van der Waals surface area contributed by atoms with E-state index in [1.54, 1.807) is 7.11 Å². The second-order valence-electron chi connectivity index (χ2n) is 4.98. The quantitative estimate of drug-likeness (QED) is 0.906. The molecule has 4 heteroatoms. The number of benzene rings is 1. The molecule has 2 rings (SSSR count). The number of amides is 1. The third-order valence-electron chi connectivity index (χ3n) is 3.57. The molecule has 0 aliphatic carbocycles. The highest BCUT2D eigenvalue weighted by Gasteiger charge is 2.18. The van der Waals surface area contributed by atoms with E-state index >= 15 is 0 Å².